The van der Waals surface area contributed by atoms with Crippen molar-refractivity contribution in [2.45, 2.75) is 6.54 Å². The normalized spacial score (nSPS) is 11.1. The van der Waals surface area contributed by atoms with Crippen molar-refractivity contribution in [3.63, 3.8) is 0 Å². The molecule has 0 radical (unpaired) electrons. The molecule has 0 fully saturated rings. The second-order valence-electron chi connectivity index (χ2n) is 5.83. The van der Waals surface area contributed by atoms with E-state index < -0.39 is 11.7 Å². The van der Waals surface area contributed by atoms with Gasteiger partial charge in [-0.3, -0.25) is 4.57 Å². The molecule has 0 unspecified atom stereocenters. The van der Waals surface area contributed by atoms with Gasteiger partial charge in [0, 0.05) is 5.39 Å². The smallest absolute Gasteiger partial charge is 0.420 e. The lowest BCUT2D eigenvalue weighted by Gasteiger charge is -2.09. The number of ether oxygens (including phenoxy) is 1. The van der Waals surface area contributed by atoms with E-state index in [1.165, 1.54) is 16.7 Å². The Kier molecular flexibility index (Phi) is 3.93. The average Bonchev–Trinajstić information content (AvgIpc) is 2.96. The highest BCUT2D eigenvalue weighted by Crippen LogP contribution is 2.25. The maximum atomic E-state index is 12.1. The zero-order chi connectivity index (χ0) is 18.1. The molecule has 0 spiro atoms. The van der Waals surface area contributed by atoms with Crippen LogP contribution in [0.5, 0.6) is 5.75 Å². The average molecular weight is 349 g/mol. The lowest BCUT2D eigenvalue weighted by Crippen LogP contribution is -2.18. The van der Waals surface area contributed by atoms with E-state index in [2.05, 4.69) is 0 Å². The van der Waals surface area contributed by atoms with Crippen LogP contribution in [0.15, 0.2) is 69.9 Å². The van der Waals surface area contributed by atoms with Gasteiger partial charge in [0.05, 0.1) is 17.6 Å². The molecule has 0 amide bonds. The zero-order valence-corrected chi connectivity index (χ0v) is 13.7. The molecule has 0 atom stereocenters. The van der Waals surface area contributed by atoms with Gasteiger partial charge in [-0.05, 0) is 29.7 Å². The third kappa shape index (κ3) is 2.82. The maximum absolute atomic E-state index is 12.1. The van der Waals surface area contributed by atoms with Crippen molar-refractivity contribution >= 4 is 27.8 Å². The topological polar surface area (TPSA) is 81.7 Å². The van der Waals surface area contributed by atoms with Crippen molar-refractivity contribution in [3.05, 3.63) is 76.8 Å². The Balaban J connectivity index is 1.57. The Morgan fingerprint density at radius 1 is 1.08 bits per heavy atom. The maximum Gasteiger partial charge on any atom is 0.420 e. The summed E-state index contributed by atoms with van der Waals surface area (Å²) >= 11 is 0. The number of hydrogen-bond donors (Lipinski definition) is 1. The Labute approximate surface area is 147 Å². The van der Waals surface area contributed by atoms with Crippen LogP contribution in [0.25, 0.3) is 21.9 Å². The lowest BCUT2D eigenvalue weighted by molar-refractivity contribution is 0.0697. The number of oxazole rings is 1. The standard InChI is InChI=1S/C20H15NO5/c22-19(23)14-8-9-16-18(12-14)26-20(24)21(16)10-11-25-17-7-3-5-13-4-1-2-6-15(13)17/h1-9,12H,10-11H2,(H,22,23). The molecule has 0 aliphatic rings. The lowest BCUT2D eigenvalue weighted by atomic mass is 10.1. The van der Waals surface area contributed by atoms with Gasteiger partial charge in [-0.25, -0.2) is 9.59 Å². The summed E-state index contributed by atoms with van der Waals surface area (Å²) in [6, 6.07) is 18.1. The van der Waals surface area contributed by atoms with Crippen LogP contribution < -0.4 is 10.5 Å². The minimum Gasteiger partial charge on any atom is -0.491 e. The summed E-state index contributed by atoms with van der Waals surface area (Å²) in [4.78, 5) is 23.1. The molecule has 0 aliphatic heterocycles. The summed E-state index contributed by atoms with van der Waals surface area (Å²) in [5.41, 5.74) is 0.868. The molecule has 0 saturated heterocycles. The Morgan fingerprint density at radius 3 is 2.73 bits per heavy atom. The second kappa shape index (κ2) is 6.40. The number of aromatic carboxylic acids is 1. The second-order valence-corrected chi connectivity index (χ2v) is 5.83. The molecule has 4 aromatic rings. The first-order valence-corrected chi connectivity index (χ1v) is 8.11. The van der Waals surface area contributed by atoms with Crippen LogP contribution >= 0.6 is 0 Å². The zero-order valence-electron chi connectivity index (χ0n) is 13.7. The van der Waals surface area contributed by atoms with Crippen molar-refractivity contribution in [2.24, 2.45) is 0 Å². The number of hydrogen-bond acceptors (Lipinski definition) is 4. The Bertz CT molecular complexity index is 1170. The molecule has 1 N–H and O–H groups in total. The highest BCUT2D eigenvalue weighted by Gasteiger charge is 2.12. The number of fused-ring (bicyclic) bond motifs is 2. The summed E-state index contributed by atoms with van der Waals surface area (Å²) < 4.78 is 12.5. The van der Waals surface area contributed by atoms with Crippen molar-refractivity contribution in [2.75, 3.05) is 6.61 Å². The van der Waals surface area contributed by atoms with Gasteiger partial charge in [0.2, 0.25) is 0 Å². The minimum atomic E-state index is -1.07. The predicted octanol–water partition coefficient (Wildman–Crippen LogP) is 3.52. The van der Waals surface area contributed by atoms with E-state index in [1.807, 2.05) is 42.5 Å². The number of aromatic nitrogens is 1. The molecular formula is C20H15NO5. The van der Waals surface area contributed by atoms with E-state index in [9.17, 15) is 9.59 Å². The van der Waals surface area contributed by atoms with E-state index in [-0.39, 0.29) is 17.8 Å². The first-order valence-electron chi connectivity index (χ1n) is 8.11. The summed E-state index contributed by atoms with van der Waals surface area (Å²) in [6.07, 6.45) is 0. The molecule has 4 rings (SSSR count). The minimum absolute atomic E-state index is 0.0744. The molecule has 6 nitrogen and oxygen atoms in total. The van der Waals surface area contributed by atoms with Gasteiger partial charge in [0.1, 0.15) is 12.4 Å². The molecule has 130 valence electrons. The fraction of sp³-hybridized carbons (Fsp3) is 0.100. The first kappa shape index (κ1) is 16.0. The molecule has 1 aromatic heterocycles. The van der Waals surface area contributed by atoms with Gasteiger partial charge in [0.25, 0.3) is 0 Å². The Hall–Kier alpha value is -3.54. The molecule has 0 bridgehead atoms. The molecule has 0 aliphatic carbocycles. The molecule has 3 aromatic carbocycles. The highest BCUT2D eigenvalue weighted by molar-refractivity contribution is 5.91. The van der Waals surface area contributed by atoms with Crippen LogP contribution in [0.4, 0.5) is 0 Å². The van der Waals surface area contributed by atoms with Crippen LogP contribution in [0, 0.1) is 0 Å². The van der Waals surface area contributed by atoms with E-state index in [0.29, 0.717) is 12.1 Å². The van der Waals surface area contributed by atoms with Gasteiger partial charge in [0.15, 0.2) is 5.58 Å². The van der Waals surface area contributed by atoms with Gasteiger partial charge in [-0.1, -0.05) is 36.4 Å². The molecule has 6 heteroatoms. The van der Waals surface area contributed by atoms with Gasteiger partial charge in [-0.2, -0.15) is 0 Å². The highest BCUT2D eigenvalue weighted by atomic mass is 16.5. The molecule has 0 saturated carbocycles. The van der Waals surface area contributed by atoms with Crippen LogP contribution in [-0.2, 0) is 6.54 Å². The van der Waals surface area contributed by atoms with Crippen LogP contribution in [0.1, 0.15) is 10.4 Å². The van der Waals surface area contributed by atoms with Crippen molar-refractivity contribution < 1.29 is 19.1 Å². The summed E-state index contributed by atoms with van der Waals surface area (Å²) in [5.74, 6) is -0.859. The number of benzene rings is 3. The van der Waals surface area contributed by atoms with Crippen LogP contribution in [0.2, 0.25) is 0 Å². The monoisotopic (exact) mass is 349 g/mol. The molecule has 26 heavy (non-hydrogen) atoms. The van der Waals surface area contributed by atoms with Crippen molar-refractivity contribution in [3.8, 4) is 5.75 Å². The van der Waals surface area contributed by atoms with Crippen molar-refractivity contribution in [1.82, 2.24) is 4.57 Å². The largest absolute Gasteiger partial charge is 0.491 e. The van der Waals surface area contributed by atoms with Crippen LogP contribution in [0.3, 0.4) is 0 Å². The number of carboxylic acids is 1. The SMILES string of the molecule is O=C(O)c1ccc2c(c1)oc(=O)n2CCOc1cccc2ccccc12. The van der Waals surface area contributed by atoms with Gasteiger partial charge < -0.3 is 14.3 Å². The van der Waals surface area contributed by atoms with Crippen molar-refractivity contribution in [1.29, 1.82) is 0 Å². The predicted molar refractivity (Wildman–Crippen MR) is 96.9 cm³/mol. The number of nitrogens with zero attached hydrogens (tertiary/aromatic N) is 1. The third-order valence-electron chi connectivity index (χ3n) is 4.24. The van der Waals surface area contributed by atoms with Gasteiger partial charge in [-0.15, -0.1) is 0 Å². The van der Waals surface area contributed by atoms with E-state index in [1.54, 1.807) is 6.07 Å². The summed E-state index contributed by atoms with van der Waals surface area (Å²) in [5, 5.41) is 11.1. The van der Waals surface area contributed by atoms with E-state index in [4.69, 9.17) is 14.3 Å². The quantitative estimate of drug-likeness (QED) is 0.596. The fourth-order valence-corrected chi connectivity index (χ4v) is 2.98. The summed E-state index contributed by atoms with van der Waals surface area (Å²) in [7, 11) is 0. The van der Waals surface area contributed by atoms with E-state index >= 15 is 0 Å². The first-order chi connectivity index (χ1) is 12.6. The van der Waals surface area contributed by atoms with E-state index in [0.717, 1.165) is 16.5 Å². The number of carbonyl (C=O) groups is 1. The third-order valence-corrected chi connectivity index (χ3v) is 4.24. The molecular weight excluding hydrogens is 334 g/mol. The Morgan fingerprint density at radius 2 is 1.88 bits per heavy atom. The number of carboxylic acid groups (broad SMARTS) is 1. The summed E-state index contributed by atoms with van der Waals surface area (Å²) in [6.45, 7) is 0.574. The van der Waals surface area contributed by atoms with Gasteiger partial charge >= 0.3 is 11.7 Å². The fourth-order valence-electron chi connectivity index (χ4n) is 2.98. The number of rotatable bonds is 5. The molecule has 1 heterocycles. The van der Waals surface area contributed by atoms with Crippen LogP contribution in [-0.4, -0.2) is 22.2 Å².